The molecule has 1 aromatic carbocycles. The quantitative estimate of drug-likeness (QED) is 0.290. The average Bonchev–Trinajstić information content (AvgIpc) is 3.55. The van der Waals surface area contributed by atoms with Gasteiger partial charge in [-0.05, 0) is 30.5 Å². The lowest BCUT2D eigenvalue weighted by Gasteiger charge is -2.12. The van der Waals surface area contributed by atoms with Gasteiger partial charge >= 0.3 is 6.18 Å². The van der Waals surface area contributed by atoms with Gasteiger partial charge < -0.3 is 13.9 Å². The number of aromatic nitrogens is 6. The number of hydrogen-bond acceptors (Lipinski definition) is 5. The van der Waals surface area contributed by atoms with Crippen molar-refractivity contribution >= 4 is 10.9 Å². The molecular weight excluding hydrogens is 481 g/mol. The molecule has 0 saturated heterocycles. The molecule has 188 valence electrons. The first kappa shape index (κ1) is 23.2. The van der Waals surface area contributed by atoms with E-state index >= 15 is 0 Å². The first-order chi connectivity index (χ1) is 17.8. The van der Waals surface area contributed by atoms with Crippen molar-refractivity contribution in [2.45, 2.75) is 31.5 Å². The second kappa shape index (κ2) is 8.72. The number of hydrogen-bond donors (Lipinski definition) is 0. The number of fused-ring (bicyclic) bond motifs is 1. The number of ether oxygens (including phenoxy) is 1. The third kappa shape index (κ3) is 4.32. The Morgan fingerprint density at radius 2 is 1.84 bits per heavy atom. The molecule has 5 aromatic rings. The topological polar surface area (TPSA) is 70.7 Å². The zero-order valence-electron chi connectivity index (χ0n) is 20.2. The highest BCUT2D eigenvalue weighted by Gasteiger charge is 2.34. The Bertz CT molecular complexity index is 1600. The molecule has 0 radical (unpaired) electrons. The summed E-state index contributed by atoms with van der Waals surface area (Å²) in [6.07, 6.45) is 4.09. The van der Waals surface area contributed by atoms with E-state index in [9.17, 15) is 13.2 Å². The number of pyridine rings is 1. The maximum atomic E-state index is 13.0. The molecule has 1 fully saturated rings. The van der Waals surface area contributed by atoms with Gasteiger partial charge in [-0.3, -0.25) is 4.98 Å². The lowest BCUT2D eigenvalue weighted by Crippen LogP contribution is -2.04. The van der Waals surface area contributed by atoms with E-state index in [4.69, 9.17) is 4.74 Å². The molecule has 0 unspecified atom stereocenters. The maximum Gasteiger partial charge on any atom is 0.434 e. The van der Waals surface area contributed by atoms with E-state index in [1.807, 2.05) is 36.7 Å². The van der Waals surface area contributed by atoms with Gasteiger partial charge in [-0.1, -0.05) is 24.3 Å². The van der Waals surface area contributed by atoms with Crippen molar-refractivity contribution in [3.8, 4) is 28.5 Å². The summed E-state index contributed by atoms with van der Waals surface area (Å²) >= 11 is 0. The van der Waals surface area contributed by atoms with Crippen LogP contribution in [-0.4, -0.2) is 36.2 Å². The standard InChI is InChI=1S/C27H23F3N6O/c1-35-14-22(27(28,29)30)34-25(35)18-5-3-16(4-6-18)13-36-10-9-19-12-31-20(11-21(19)36)23-24(17-7-8-17)32-15-33-26(23)37-2/h3-6,9-12,14-15,17H,7-8,13H2,1-2H3. The van der Waals surface area contributed by atoms with Crippen molar-refractivity contribution in [3.63, 3.8) is 0 Å². The normalized spacial score (nSPS) is 13.9. The Hall–Kier alpha value is -4.21. The molecule has 0 amide bonds. The molecule has 0 N–H and O–H groups in total. The SMILES string of the molecule is COc1ncnc(C2CC2)c1-c1cc2c(ccn2Cc2ccc(-c3nc(C(F)(F)F)cn3C)cc2)cn1. The van der Waals surface area contributed by atoms with Crippen LogP contribution in [0.25, 0.3) is 33.5 Å². The van der Waals surface area contributed by atoms with Crippen molar-refractivity contribution in [3.05, 3.63) is 78.3 Å². The van der Waals surface area contributed by atoms with Gasteiger partial charge in [0.15, 0.2) is 5.69 Å². The van der Waals surface area contributed by atoms with Gasteiger partial charge in [0, 0.05) is 49.1 Å². The molecule has 7 nitrogen and oxygen atoms in total. The van der Waals surface area contributed by atoms with Crippen molar-refractivity contribution in [2.75, 3.05) is 7.11 Å². The fourth-order valence-electron chi connectivity index (χ4n) is 4.63. The first-order valence-electron chi connectivity index (χ1n) is 11.9. The van der Waals surface area contributed by atoms with Crippen LogP contribution in [0.5, 0.6) is 5.88 Å². The van der Waals surface area contributed by atoms with Gasteiger partial charge in [-0.25, -0.2) is 15.0 Å². The largest absolute Gasteiger partial charge is 0.480 e. The van der Waals surface area contributed by atoms with Crippen molar-refractivity contribution in [1.82, 2.24) is 29.1 Å². The monoisotopic (exact) mass is 504 g/mol. The van der Waals surface area contributed by atoms with Crippen LogP contribution in [0.3, 0.4) is 0 Å². The minimum absolute atomic E-state index is 0.270. The van der Waals surface area contributed by atoms with Gasteiger partial charge in [-0.15, -0.1) is 0 Å². The van der Waals surface area contributed by atoms with E-state index in [2.05, 4.69) is 24.5 Å². The molecule has 1 saturated carbocycles. The second-order valence-corrected chi connectivity index (χ2v) is 9.24. The number of halogens is 3. The summed E-state index contributed by atoms with van der Waals surface area (Å²) in [6, 6.07) is 11.4. The van der Waals surface area contributed by atoms with Crippen LogP contribution in [0.2, 0.25) is 0 Å². The van der Waals surface area contributed by atoms with E-state index in [1.165, 1.54) is 10.9 Å². The number of imidazole rings is 1. The maximum absolute atomic E-state index is 13.0. The van der Waals surface area contributed by atoms with Gasteiger partial charge in [0.2, 0.25) is 5.88 Å². The van der Waals surface area contributed by atoms with Gasteiger partial charge in [0.1, 0.15) is 12.2 Å². The molecular formula is C27H23F3N6O. The summed E-state index contributed by atoms with van der Waals surface area (Å²) in [5.41, 5.74) is 4.29. The van der Waals surface area contributed by atoms with Crippen LogP contribution in [0, 0.1) is 0 Å². The van der Waals surface area contributed by atoms with E-state index in [0.717, 1.165) is 52.5 Å². The highest BCUT2D eigenvalue weighted by atomic mass is 19.4. The summed E-state index contributed by atoms with van der Waals surface area (Å²) in [7, 11) is 3.16. The minimum atomic E-state index is -4.48. The van der Waals surface area contributed by atoms with E-state index in [1.54, 1.807) is 26.3 Å². The number of alkyl halides is 3. The van der Waals surface area contributed by atoms with Gasteiger partial charge in [0.05, 0.1) is 29.6 Å². The summed E-state index contributed by atoms with van der Waals surface area (Å²) < 4.78 is 48.2. The van der Waals surface area contributed by atoms with E-state index in [0.29, 0.717) is 23.9 Å². The number of rotatable bonds is 6. The lowest BCUT2D eigenvalue weighted by atomic mass is 10.1. The van der Waals surface area contributed by atoms with Crippen LogP contribution < -0.4 is 4.74 Å². The molecule has 1 aliphatic carbocycles. The molecule has 4 aromatic heterocycles. The molecule has 4 heterocycles. The van der Waals surface area contributed by atoms with Crippen molar-refractivity contribution in [1.29, 1.82) is 0 Å². The zero-order chi connectivity index (χ0) is 25.7. The highest BCUT2D eigenvalue weighted by Crippen LogP contribution is 2.45. The van der Waals surface area contributed by atoms with Gasteiger partial charge in [0.25, 0.3) is 0 Å². The molecule has 10 heteroatoms. The Labute approximate surface area is 210 Å². The number of methoxy groups -OCH3 is 1. The van der Waals surface area contributed by atoms with Gasteiger partial charge in [-0.2, -0.15) is 13.2 Å². The van der Waals surface area contributed by atoms with Crippen LogP contribution in [0.1, 0.15) is 35.7 Å². The van der Waals surface area contributed by atoms with Crippen LogP contribution in [0.4, 0.5) is 13.2 Å². The Balaban J connectivity index is 1.31. The Morgan fingerprint density at radius 3 is 2.51 bits per heavy atom. The summed E-state index contributed by atoms with van der Waals surface area (Å²) in [5, 5.41) is 0.997. The fourth-order valence-corrected chi connectivity index (χ4v) is 4.63. The van der Waals surface area contributed by atoms with Crippen molar-refractivity contribution in [2.24, 2.45) is 7.05 Å². The third-order valence-electron chi connectivity index (χ3n) is 6.64. The van der Waals surface area contributed by atoms with Crippen LogP contribution in [0.15, 0.2) is 61.3 Å². The van der Waals surface area contributed by atoms with Crippen molar-refractivity contribution < 1.29 is 17.9 Å². The smallest absolute Gasteiger partial charge is 0.434 e. The van der Waals surface area contributed by atoms with Crippen LogP contribution >= 0.6 is 0 Å². The second-order valence-electron chi connectivity index (χ2n) is 9.24. The molecule has 1 aliphatic rings. The highest BCUT2D eigenvalue weighted by molar-refractivity contribution is 5.84. The predicted octanol–water partition coefficient (Wildman–Crippen LogP) is 5.85. The van der Waals surface area contributed by atoms with E-state index in [-0.39, 0.29) is 5.82 Å². The average molecular weight is 505 g/mol. The summed E-state index contributed by atoms with van der Waals surface area (Å²) in [5.74, 6) is 1.19. The summed E-state index contributed by atoms with van der Waals surface area (Å²) in [4.78, 5) is 17.3. The summed E-state index contributed by atoms with van der Waals surface area (Å²) in [6.45, 7) is 0.583. The van der Waals surface area contributed by atoms with Crippen LogP contribution in [-0.2, 0) is 19.8 Å². The fraction of sp³-hybridized carbons (Fsp3) is 0.259. The molecule has 0 atom stereocenters. The zero-order valence-corrected chi connectivity index (χ0v) is 20.2. The molecule has 6 rings (SSSR count). The number of nitrogens with zero attached hydrogens (tertiary/aromatic N) is 6. The molecule has 0 bridgehead atoms. The number of aryl methyl sites for hydroxylation is 1. The first-order valence-corrected chi connectivity index (χ1v) is 11.9. The third-order valence-corrected chi connectivity index (χ3v) is 6.64. The number of benzene rings is 1. The molecule has 0 aliphatic heterocycles. The van der Waals surface area contributed by atoms with E-state index < -0.39 is 11.9 Å². The Kier molecular flexibility index (Phi) is 5.47. The predicted molar refractivity (Wildman–Crippen MR) is 132 cm³/mol. The molecule has 0 spiro atoms. The molecule has 37 heavy (non-hydrogen) atoms. The minimum Gasteiger partial charge on any atom is -0.480 e. The lowest BCUT2D eigenvalue weighted by molar-refractivity contribution is -0.140. The Morgan fingerprint density at radius 1 is 1.05 bits per heavy atom.